The fourth-order valence-electron chi connectivity index (χ4n) is 9.59. The van der Waals surface area contributed by atoms with E-state index in [1.54, 1.807) is 0 Å². The minimum Gasteiger partial charge on any atom is -0.510 e. The molecule has 0 aliphatic carbocycles. The number of aliphatic imine (C=N–C) groups is 1. The molecular formula is C59H42N5OPt-3. The summed E-state index contributed by atoms with van der Waals surface area (Å²) in [6, 6.07) is 68.9. The smallest absolute Gasteiger partial charge is 0.135 e. The molecule has 0 amide bonds. The van der Waals surface area contributed by atoms with Crippen LogP contribution in [0.25, 0.3) is 77.4 Å². The number of ether oxygens (including phenoxy) is 1. The van der Waals surface area contributed by atoms with E-state index in [4.69, 9.17) is 14.7 Å². The molecule has 0 unspecified atom stereocenters. The van der Waals surface area contributed by atoms with Crippen molar-refractivity contribution in [2.24, 2.45) is 4.99 Å². The fraction of sp³-hybridized carbons (Fsp3) is 0.0847. The molecule has 1 aliphatic rings. The van der Waals surface area contributed by atoms with Gasteiger partial charge in [0, 0.05) is 67.1 Å². The topological polar surface area (TPSA) is 47.6 Å². The van der Waals surface area contributed by atoms with Crippen LogP contribution in [0.1, 0.15) is 31.9 Å². The second-order valence-corrected chi connectivity index (χ2v) is 17.7. The monoisotopic (exact) mass is 1030 g/mol. The minimum atomic E-state index is -0.0469. The van der Waals surface area contributed by atoms with Crippen molar-refractivity contribution in [3.8, 4) is 45.3 Å². The predicted molar refractivity (Wildman–Crippen MR) is 267 cm³/mol. The Kier molecular flexibility index (Phi) is 10.1. The van der Waals surface area contributed by atoms with Crippen molar-refractivity contribution >= 4 is 67.0 Å². The number of benzene rings is 8. The summed E-state index contributed by atoms with van der Waals surface area (Å²) in [7, 11) is 0. The van der Waals surface area contributed by atoms with Gasteiger partial charge in [-0.05, 0) is 76.1 Å². The van der Waals surface area contributed by atoms with E-state index in [1.807, 2.05) is 48.7 Å². The maximum Gasteiger partial charge on any atom is 0.135 e. The normalized spacial score (nSPS) is 12.3. The van der Waals surface area contributed by atoms with Crippen LogP contribution in [0.2, 0.25) is 0 Å². The van der Waals surface area contributed by atoms with E-state index >= 15 is 0 Å². The van der Waals surface area contributed by atoms with Crippen LogP contribution < -0.4 is 9.64 Å². The Morgan fingerprint density at radius 2 is 1.23 bits per heavy atom. The summed E-state index contributed by atoms with van der Waals surface area (Å²) in [5.41, 5.74) is 14.1. The number of hydrogen-bond donors (Lipinski definition) is 0. The minimum absolute atomic E-state index is 0. The van der Waals surface area contributed by atoms with Crippen molar-refractivity contribution in [1.82, 2.24) is 14.1 Å². The zero-order chi connectivity index (χ0) is 43.8. The molecule has 322 valence electrons. The zero-order valence-corrected chi connectivity index (χ0v) is 39.1. The number of nitrogens with zero attached hydrogens (tertiary/aromatic N) is 5. The first kappa shape index (κ1) is 41.2. The maximum absolute atomic E-state index is 6.88. The van der Waals surface area contributed by atoms with Crippen molar-refractivity contribution in [3.63, 3.8) is 0 Å². The van der Waals surface area contributed by atoms with Crippen LogP contribution in [0, 0.1) is 19.1 Å². The molecule has 1 aliphatic heterocycles. The summed E-state index contributed by atoms with van der Waals surface area (Å²) < 4.78 is 11.5. The van der Waals surface area contributed by atoms with Gasteiger partial charge in [0.2, 0.25) is 0 Å². The third-order valence-corrected chi connectivity index (χ3v) is 12.7. The van der Waals surface area contributed by atoms with Gasteiger partial charge in [0.05, 0.1) is 11.0 Å². The van der Waals surface area contributed by atoms with Gasteiger partial charge in [0.25, 0.3) is 0 Å². The molecule has 11 aromatic rings. The largest absolute Gasteiger partial charge is 0.510 e. The molecule has 7 heteroatoms. The second-order valence-electron chi connectivity index (χ2n) is 17.7. The Balaban J connectivity index is 0.00000481. The number of anilines is 2. The van der Waals surface area contributed by atoms with E-state index in [1.165, 1.54) is 16.3 Å². The standard InChI is InChI=1S/C59H42N5O.Pt/c1-38-16-14-22-49-50-24-15-23-48-45-21-10-13-27-53(45)64(58(48)50)52-26-12-9-19-43(52)46-30-28-41(35-54(46)62(57(38)49)37-61-40-17-6-5-7-18-40)65-42-29-31-47-44-20-8-11-25-51(44)63(55(47)36-42)56-34-39(32-33-60-56)59(2,3)4;/h5-34H,1-4H3;/q-3;. The number of rotatable bonds is 5. The average molecular weight is 1030 g/mol. The van der Waals surface area contributed by atoms with E-state index in [9.17, 15) is 0 Å². The van der Waals surface area contributed by atoms with E-state index < -0.39 is 0 Å². The molecule has 6 nitrogen and oxygen atoms in total. The molecule has 0 saturated heterocycles. The van der Waals surface area contributed by atoms with Crippen LogP contribution in [0.5, 0.6) is 11.5 Å². The van der Waals surface area contributed by atoms with Gasteiger partial charge in [-0.2, -0.15) is 18.2 Å². The van der Waals surface area contributed by atoms with Crippen LogP contribution in [-0.4, -0.2) is 20.5 Å². The molecule has 0 saturated carbocycles. The molecule has 12 rings (SSSR count). The van der Waals surface area contributed by atoms with Gasteiger partial charge in [-0.25, -0.2) is 4.98 Å². The van der Waals surface area contributed by atoms with Crippen LogP contribution >= 0.6 is 0 Å². The number of fused-ring (bicyclic) bond motifs is 12. The van der Waals surface area contributed by atoms with Crippen LogP contribution in [-0.2, 0) is 26.5 Å². The Labute approximate surface area is 398 Å². The zero-order valence-electron chi connectivity index (χ0n) is 36.8. The first-order chi connectivity index (χ1) is 31.8. The van der Waals surface area contributed by atoms with Crippen molar-refractivity contribution < 1.29 is 25.8 Å². The van der Waals surface area contributed by atoms with Crippen LogP contribution in [0.15, 0.2) is 187 Å². The average Bonchev–Trinajstić information content (AvgIpc) is 3.85. The molecular weight excluding hydrogens is 990 g/mol. The third kappa shape index (κ3) is 6.75. The molecule has 0 atom stereocenters. The first-order valence-electron chi connectivity index (χ1n) is 22.0. The molecule has 0 bridgehead atoms. The Morgan fingerprint density at radius 3 is 2.05 bits per heavy atom. The van der Waals surface area contributed by atoms with E-state index in [0.29, 0.717) is 11.5 Å². The van der Waals surface area contributed by atoms with Crippen molar-refractivity contribution in [2.45, 2.75) is 33.1 Å². The number of aromatic nitrogens is 3. The Hall–Kier alpha value is -7.53. The number of para-hydroxylation sites is 6. The van der Waals surface area contributed by atoms with E-state index in [0.717, 1.165) is 89.2 Å². The molecule has 66 heavy (non-hydrogen) atoms. The van der Waals surface area contributed by atoms with Crippen molar-refractivity contribution in [3.05, 3.63) is 205 Å². The van der Waals surface area contributed by atoms with Crippen LogP contribution in [0.3, 0.4) is 0 Å². The van der Waals surface area contributed by atoms with Crippen LogP contribution in [0.4, 0.5) is 17.1 Å². The quantitative estimate of drug-likeness (QED) is 0.0980. The van der Waals surface area contributed by atoms with E-state index in [-0.39, 0.29) is 26.5 Å². The van der Waals surface area contributed by atoms with Gasteiger partial charge in [-0.15, -0.1) is 34.8 Å². The fourth-order valence-corrected chi connectivity index (χ4v) is 9.59. The Bertz CT molecular complexity index is 3710. The molecule has 0 spiro atoms. The van der Waals surface area contributed by atoms with Gasteiger partial charge < -0.3 is 23.8 Å². The summed E-state index contributed by atoms with van der Waals surface area (Å²) in [6.07, 6.45) is 5.44. The van der Waals surface area contributed by atoms with Gasteiger partial charge >= 0.3 is 0 Å². The summed E-state index contributed by atoms with van der Waals surface area (Å²) in [4.78, 5) is 12.0. The van der Waals surface area contributed by atoms with E-state index in [2.05, 4.69) is 194 Å². The van der Waals surface area contributed by atoms with Crippen molar-refractivity contribution in [2.75, 3.05) is 4.90 Å². The van der Waals surface area contributed by atoms with Crippen molar-refractivity contribution in [1.29, 1.82) is 0 Å². The molecule has 0 N–H and O–H groups in total. The van der Waals surface area contributed by atoms with Gasteiger partial charge in [0.15, 0.2) is 0 Å². The summed E-state index contributed by atoms with van der Waals surface area (Å²) in [6.45, 7) is 8.83. The van der Waals surface area contributed by atoms with Gasteiger partial charge in [-0.1, -0.05) is 159 Å². The third-order valence-electron chi connectivity index (χ3n) is 12.7. The van der Waals surface area contributed by atoms with Gasteiger partial charge in [-0.3, -0.25) is 0 Å². The molecule has 0 fully saturated rings. The summed E-state index contributed by atoms with van der Waals surface area (Å²) in [5.74, 6) is 1.92. The summed E-state index contributed by atoms with van der Waals surface area (Å²) in [5, 5.41) is 4.58. The SMILES string of the molecule is Cc1cccc2c1N([C-]=Nc1ccccc1)c1[c-]c(Oc3[c-]c4c(cc3)c3ccccc3n4-c3cc(C(C)(C)C)ccn3)ccc1-c1ccccc1-n1c3ccccc3c3cccc-2c31.[Pt]. The second kappa shape index (κ2) is 16.2. The number of pyridine rings is 1. The molecule has 4 heterocycles. The summed E-state index contributed by atoms with van der Waals surface area (Å²) >= 11 is 0. The first-order valence-corrected chi connectivity index (χ1v) is 22.0. The molecule has 0 radical (unpaired) electrons. The Morgan fingerprint density at radius 1 is 0.576 bits per heavy atom. The molecule has 3 aromatic heterocycles. The van der Waals surface area contributed by atoms with Gasteiger partial charge in [0.1, 0.15) is 5.82 Å². The number of aryl methyl sites for hydroxylation is 1. The molecule has 8 aromatic carbocycles. The maximum atomic E-state index is 6.88. The predicted octanol–water partition coefficient (Wildman–Crippen LogP) is 15.3. The number of hydrogen-bond acceptors (Lipinski definition) is 3.